The molecule has 3 heterocycles. The summed E-state index contributed by atoms with van der Waals surface area (Å²) in [7, 11) is 0. The molecule has 2 bridgehead atoms. The third-order valence-corrected chi connectivity index (χ3v) is 8.70. The number of carbonyl (C=O) groups excluding carboxylic acids is 2. The molecule has 2 amide bonds. The molecule has 0 saturated carbocycles. The minimum atomic E-state index is 0. The lowest BCUT2D eigenvalue weighted by atomic mass is 10.0. The number of rotatable bonds is 16. The second-order valence-electron chi connectivity index (χ2n) is 13.8. The molecule has 0 N–H and O–H groups in total. The van der Waals surface area contributed by atoms with Gasteiger partial charge in [-0.25, -0.2) is 0 Å². The first-order valence-electron chi connectivity index (χ1n) is 15.1. The van der Waals surface area contributed by atoms with Crippen LogP contribution in [0.15, 0.2) is 0 Å². The van der Waals surface area contributed by atoms with Gasteiger partial charge in [-0.2, -0.15) is 0 Å². The Labute approximate surface area is 247 Å². The van der Waals surface area contributed by atoms with E-state index in [1.165, 1.54) is 0 Å². The monoisotopic (exact) mass is 578 g/mol. The number of carbonyl (C=O) groups is 2. The van der Waals surface area contributed by atoms with Gasteiger partial charge < -0.3 is 43.6 Å². The topological polar surface area (TPSA) is 40.6 Å². The van der Waals surface area contributed by atoms with Gasteiger partial charge in [-0.05, 0) is 49.4 Å². The molecule has 226 valence electrons. The second kappa shape index (κ2) is 17.3. The van der Waals surface area contributed by atoms with Gasteiger partial charge in [0.1, 0.15) is 39.3 Å². The van der Waals surface area contributed by atoms with Crippen LogP contribution in [0.4, 0.5) is 0 Å². The van der Waals surface area contributed by atoms with Gasteiger partial charge in [0.2, 0.25) is 0 Å². The summed E-state index contributed by atoms with van der Waals surface area (Å²) in [6.45, 7) is 29.1. The maximum atomic E-state index is 13.5. The summed E-state index contributed by atoms with van der Waals surface area (Å²) in [5.74, 6) is 3.17. The Morgan fingerprint density at radius 1 is 0.500 bits per heavy atom. The number of nitrogens with zero attached hydrogens (tertiary/aromatic N) is 4. The van der Waals surface area contributed by atoms with Crippen molar-refractivity contribution in [2.24, 2.45) is 23.7 Å². The zero-order valence-electron chi connectivity index (χ0n) is 26.0. The van der Waals surface area contributed by atoms with Crippen molar-refractivity contribution < 1.29 is 43.4 Å². The molecule has 3 rings (SSSR count). The molecule has 3 aliphatic rings. The molecule has 6 nitrogen and oxygen atoms in total. The van der Waals surface area contributed by atoms with E-state index in [1.807, 2.05) is 0 Å². The molecular formula is C30H60Cl2N4O2. The molecule has 3 saturated heterocycles. The van der Waals surface area contributed by atoms with Crippen molar-refractivity contribution in [3.05, 3.63) is 0 Å². The van der Waals surface area contributed by atoms with Crippen LogP contribution in [-0.2, 0) is 9.59 Å². The Morgan fingerprint density at radius 2 is 0.711 bits per heavy atom. The van der Waals surface area contributed by atoms with Gasteiger partial charge in [-0.3, -0.25) is 9.59 Å². The smallest absolute Gasteiger partial charge is 0.277 e. The lowest BCUT2D eigenvalue weighted by Gasteiger charge is -2.55. The average Bonchev–Trinajstić information content (AvgIpc) is 2.79. The fraction of sp³-hybridized carbons (Fsp3) is 0.933. The number of quaternary nitrogens is 2. The Morgan fingerprint density at radius 3 is 0.895 bits per heavy atom. The van der Waals surface area contributed by atoms with E-state index in [0.717, 1.165) is 100 Å². The van der Waals surface area contributed by atoms with Crippen LogP contribution < -0.4 is 24.8 Å². The summed E-state index contributed by atoms with van der Waals surface area (Å²) >= 11 is 0. The van der Waals surface area contributed by atoms with Crippen LogP contribution >= 0.6 is 0 Å². The molecule has 0 aliphatic carbocycles. The molecule has 8 heteroatoms. The standard InChI is InChI=1S/C30H60N4O2.2ClH/c1-25(2)9-13-31(14-10-26(3)4)29(35)23-33-17-20-34(21-18-33,22-19-33)24-30(36)32(15-11-27(5)6)16-12-28(7)8;;/h25-28H,9-24H2,1-8H3;2*1H/q+2;;/p-2. The van der Waals surface area contributed by atoms with Crippen LogP contribution in [0.25, 0.3) is 0 Å². The van der Waals surface area contributed by atoms with Crippen molar-refractivity contribution >= 4 is 11.8 Å². The van der Waals surface area contributed by atoms with Crippen LogP contribution in [0, 0.1) is 23.7 Å². The van der Waals surface area contributed by atoms with E-state index in [1.54, 1.807) is 0 Å². The summed E-state index contributed by atoms with van der Waals surface area (Å²) in [4.78, 5) is 31.2. The fourth-order valence-corrected chi connectivity index (χ4v) is 5.57. The van der Waals surface area contributed by atoms with Gasteiger partial charge in [0, 0.05) is 26.2 Å². The molecule has 0 unspecified atom stereocenters. The van der Waals surface area contributed by atoms with E-state index in [2.05, 4.69) is 65.2 Å². The number of amides is 2. The molecule has 0 aromatic heterocycles. The quantitative estimate of drug-likeness (QED) is 0.209. The number of hydrogen-bond donors (Lipinski definition) is 0. The Hall–Kier alpha value is -0.560. The molecule has 0 aromatic rings. The average molecular weight is 580 g/mol. The van der Waals surface area contributed by atoms with Crippen LogP contribution in [0.5, 0.6) is 0 Å². The zero-order valence-corrected chi connectivity index (χ0v) is 27.5. The van der Waals surface area contributed by atoms with Crippen molar-refractivity contribution in [2.75, 3.05) is 78.5 Å². The van der Waals surface area contributed by atoms with E-state index in [9.17, 15) is 9.59 Å². The highest BCUT2D eigenvalue weighted by atomic mass is 35.5. The summed E-state index contributed by atoms with van der Waals surface area (Å²) < 4.78 is 1.88. The second-order valence-corrected chi connectivity index (χ2v) is 13.8. The molecule has 0 aromatic carbocycles. The first-order valence-corrected chi connectivity index (χ1v) is 15.1. The van der Waals surface area contributed by atoms with E-state index in [-0.39, 0.29) is 24.8 Å². The highest BCUT2D eigenvalue weighted by Crippen LogP contribution is 2.27. The van der Waals surface area contributed by atoms with Gasteiger partial charge in [0.25, 0.3) is 11.8 Å². The Kier molecular flexibility index (Phi) is 17.0. The Bertz CT molecular complexity index is 593. The molecule has 38 heavy (non-hydrogen) atoms. The van der Waals surface area contributed by atoms with Gasteiger partial charge in [0.15, 0.2) is 13.1 Å². The molecule has 0 atom stereocenters. The summed E-state index contributed by atoms with van der Waals surface area (Å²) in [6, 6.07) is 0. The van der Waals surface area contributed by atoms with Crippen LogP contribution in [0.3, 0.4) is 0 Å². The maximum Gasteiger partial charge on any atom is 0.277 e. The maximum absolute atomic E-state index is 13.5. The molecule has 3 fully saturated rings. The van der Waals surface area contributed by atoms with Crippen LogP contribution in [0.2, 0.25) is 0 Å². The van der Waals surface area contributed by atoms with E-state index < -0.39 is 0 Å². The van der Waals surface area contributed by atoms with Crippen LogP contribution in [0.1, 0.15) is 81.1 Å². The van der Waals surface area contributed by atoms with Crippen molar-refractivity contribution in [1.29, 1.82) is 0 Å². The molecule has 0 radical (unpaired) electrons. The third kappa shape index (κ3) is 12.3. The number of fused-ring (bicyclic) bond motifs is 3. The molecule has 0 spiro atoms. The Balaban J connectivity index is 0.00000684. The fourth-order valence-electron chi connectivity index (χ4n) is 5.57. The summed E-state index contributed by atoms with van der Waals surface area (Å²) in [5.41, 5.74) is 0. The van der Waals surface area contributed by atoms with Crippen molar-refractivity contribution in [3.8, 4) is 0 Å². The summed E-state index contributed by atoms with van der Waals surface area (Å²) in [5, 5.41) is 0. The number of hydrogen-bond acceptors (Lipinski definition) is 2. The van der Waals surface area contributed by atoms with E-state index in [0.29, 0.717) is 48.6 Å². The highest BCUT2D eigenvalue weighted by molar-refractivity contribution is 5.78. The predicted molar refractivity (Wildman–Crippen MR) is 150 cm³/mol. The van der Waals surface area contributed by atoms with E-state index >= 15 is 0 Å². The van der Waals surface area contributed by atoms with Gasteiger partial charge in [0.05, 0.1) is 0 Å². The van der Waals surface area contributed by atoms with Crippen molar-refractivity contribution in [3.63, 3.8) is 0 Å². The van der Waals surface area contributed by atoms with Gasteiger partial charge in [-0.15, -0.1) is 0 Å². The largest absolute Gasteiger partial charge is 1.00 e. The minimum Gasteiger partial charge on any atom is -1.00 e. The summed E-state index contributed by atoms with van der Waals surface area (Å²) in [6.07, 6.45) is 4.32. The van der Waals surface area contributed by atoms with Crippen molar-refractivity contribution in [2.45, 2.75) is 81.1 Å². The first-order chi connectivity index (χ1) is 16.9. The first kappa shape index (κ1) is 37.4. The number of piperazine rings is 3. The van der Waals surface area contributed by atoms with Crippen LogP contribution in [-0.4, -0.2) is 109 Å². The lowest BCUT2D eigenvalue weighted by molar-refractivity contribution is -1.07. The van der Waals surface area contributed by atoms with Gasteiger partial charge >= 0.3 is 0 Å². The highest BCUT2D eigenvalue weighted by Gasteiger charge is 2.51. The van der Waals surface area contributed by atoms with Crippen molar-refractivity contribution in [1.82, 2.24) is 9.80 Å². The molecular weight excluding hydrogens is 519 g/mol. The normalized spacial score (nSPS) is 22.5. The zero-order chi connectivity index (χ0) is 26.9. The predicted octanol–water partition coefficient (Wildman–Crippen LogP) is -1.50. The molecule has 3 aliphatic heterocycles. The van der Waals surface area contributed by atoms with E-state index in [4.69, 9.17) is 0 Å². The SMILES string of the molecule is CC(C)CCN(CCC(C)C)C(=O)C[N+]12CC[N+](CC(=O)N(CCC(C)C)CCC(C)C)(CC1)CC2.[Cl-].[Cl-]. The lowest BCUT2D eigenvalue weighted by Crippen LogP contribution is -3.00. The number of halogens is 2. The minimum absolute atomic E-state index is 0. The van der Waals surface area contributed by atoms with Gasteiger partial charge in [-0.1, -0.05) is 55.4 Å². The third-order valence-electron chi connectivity index (χ3n) is 8.70.